The van der Waals surface area contributed by atoms with E-state index in [1.54, 1.807) is 36.6 Å². The molecule has 1 N–H and O–H groups in total. The summed E-state index contributed by atoms with van der Waals surface area (Å²) in [5.41, 5.74) is 1.32. The van der Waals surface area contributed by atoms with E-state index < -0.39 is 17.5 Å². The first kappa shape index (κ1) is 17.4. The van der Waals surface area contributed by atoms with E-state index in [-0.39, 0.29) is 12.2 Å². The summed E-state index contributed by atoms with van der Waals surface area (Å²) in [4.78, 5) is 29.4. The van der Waals surface area contributed by atoms with Crippen LogP contribution in [0.1, 0.15) is 22.8 Å². The van der Waals surface area contributed by atoms with Gasteiger partial charge in [-0.1, -0.05) is 18.2 Å². The molecule has 1 atom stereocenters. The van der Waals surface area contributed by atoms with Crippen LogP contribution >= 0.6 is 11.3 Å². The third-order valence-corrected chi connectivity index (χ3v) is 5.19. The van der Waals surface area contributed by atoms with Crippen LogP contribution in [0.5, 0.6) is 0 Å². The summed E-state index contributed by atoms with van der Waals surface area (Å²) in [6.45, 7) is 1.59. The Balaban J connectivity index is 1.53. The summed E-state index contributed by atoms with van der Waals surface area (Å²) in [6.07, 6.45) is 0.289. The van der Waals surface area contributed by atoms with Crippen molar-refractivity contribution in [2.45, 2.75) is 18.9 Å². The van der Waals surface area contributed by atoms with Crippen molar-refractivity contribution < 1.29 is 18.7 Å². The quantitative estimate of drug-likeness (QED) is 0.694. The molecule has 1 aromatic heterocycles. The molecule has 3 aromatic rings. The fourth-order valence-electron chi connectivity index (χ4n) is 2.97. The van der Waals surface area contributed by atoms with Crippen LogP contribution < -0.4 is 5.32 Å². The second-order valence-corrected chi connectivity index (χ2v) is 7.31. The highest BCUT2D eigenvalue weighted by atomic mass is 32.1. The maximum Gasteiger partial charge on any atom is 0.339 e. The first-order chi connectivity index (χ1) is 12.9. The minimum Gasteiger partial charge on any atom is -0.445 e. The highest BCUT2D eigenvalue weighted by Gasteiger charge is 2.42. The van der Waals surface area contributed by atoms with Gasteiger partial charge in [0.05, 0.1) is 11.3 Å². The fourth-order valence-corrected chi connectivity index (χ4v) is 3.69. The van der Waals surface area contributed by atoms with Crippen LogP contribution in [0, 0.1) is 5.82 Å². The second kappa shape index (κ2) is 6.59. The number of thiazole rings is 1. The highest BCUT2D eigenvalue weighted by molar-refractivity contribution is 7.14. The van der Waals surface area contributed by atoms with Crippen LogP contribution in [0.4, 0.5) is 9.52 Å². The summed E-state index contributed by atoms with van der Waals surface area (Å²) in [5, 5.41) is 4.88. The van der Waals surface area contributed by atoms with Crippen LogP contribution in [0.3, 0.4) is 0 Å². The maximum absolute atomic E-state index is 13.0. The molecule has 27 heavy (non-hydrogen) atoms. The summed E-state index contributed by atoms with van der Waals surface area (Å²) in [6, 6.07) is 13.0. The lowest BCUT2D eigenvalue weighted by Gasteiger charge is -2.32. The van der Waals surface area contributed by atoms with E-state index in [0.29, 0.717) is 16.4 Å². The zero-order chi connectivity index (χ0) is 19.0. The number of nitrogens with one attached hydrogen (secondary N) is 1. The number of halogens is 1. The Kier molecular flexibility index (Phi) is 4.24. The molecule has 0 saturated carbocycles. The first-order valence-electron chi connectivity index (χ1n) is 8.29. The van der Waals surface area contributed by atoms with E-state index >= 15 is 0 Å². The van der Waals surface area contributed by atoms with Crippen molar-refractivity contribution >= 4 is 28.3 Å². The lowest BCUT2D eigenvalue weighted by molar-refractivity contribution is -0.134. The molecule has 2 heterocycles. The Bertz CT molecular complexity index is 1030. The standard InChI is InChI=1S/C20H15FN2O3S/c1-20(10-13-4-2-3-5-15(13)17(24)26-20)18(25)23-19-22-16(11-27-19)12-6-8-14(21)9-7-12/h2-9,11H,10H2,1H3,(H,22,23,25). The molecule has 1 amide bonds. The number of fused-ring (bicyclic) bond motifs is 1. The normalized spacial score (nSPS) is 18.5. The van der Waals surface area contributed by atoms with Gasteiger partial charge in [0.1, 0.15) is 5.82 Å². The molecule has 1 unspecified atom stereocenters. The SMILES string of the molecule is CC1(C(=O)Nc2nc(-c3ccc(F)cc3)cs2)Cc2ccccc2C(=O)O1. The number of aromatic nitrogens is 1. The third-order valence-electron chi connectivity index (χ3n) is 4.43. The average molecular weight is 382 g/mol. The maximum atomic E-state index is 13.0. The Hall–Kier alpha value is -3.06. The van der Waals surface area contributed by atoms with Crippen molar-refractivity contribution in [2.75, 3.05) is 5.32 Å². The van der Waals surface area contributed by atoms with Crippen molar-refractivity contribution in [1.29, 1.82) is 0 Å². The highest BCUT2D eigenvalue weighted by Crippen LogP contribution is 2.30. The van der Waals surface area contributed by atoms with E-state index in [0.717, 1.165) is 11.1 Å². The molecule has 1 aliphatic heterocycles. The van der Waals surface area contributed by atoms with Crippen molar-refractivity contribution in [2.24, 2.45) is 0 Å². The zero-order valence-electron chi connectivity index (χ0n) is 14.4. The van der Waals surface area contributed by atoms with Gasteiger partial charge in [0.15, 0.2) is 10.7 Å². The molecule has 1 aliphatic rings. The van der Waals surface area contributed by atoms with Gasteiger partial charge >= 0.3 is 5.97 Å². The second-order valence-electron chi connectivity index (χ2n) is 6.45. The molecule has 7 heteroatoms. The lowest BCUT2D eigenvalue weighted by atomic mass is 9.89. The zero-order valence-corrected chi connectivity index (χ0v) is 15.2. The average Bonchev–Trinajstić information content (AvgIpc) is 3.10. The predicted octanol–water partition coefficient (Wildman–Crippen LogP) is 4.06. The summed E-state index contributed by atoms with van der Waals surface area (Å²) < 4.78 is 18.5. The molecular weight excluding hydrogens is 367 g/mol. The number of nitrogens with zero attached hydrogens (tertiary/aromatic N) is 1. The van der Waals surface area contributed by atoms with Gasteiger partial charge in [0.25, 0.3) is 5.91 Å². The van der Waals surface area contributed by atoms with Gasteiger partial charge in [-0.25, -0.2) is 14.2 Å². The van der Waals surface area contributed by atoms with E-state index in [9.17, 15) is 14.0 Å². The van der Waals surface area contributed by atoms with Gasteiger partial charge in [-0.15, -0.1) is 11.3 Å². The summed E-state index contributed by atoms with van der Waals surface area (Å²) in [5.74, 6) is -1.28. The molecule has 0 radical (unpaired) electrons. The molecule has 0 aliphatic carbocycles. The smallest absolute Gasteiger partial charge is 0.339 e. The van der Waals surface area contributed by atoms with E-state index in [1.807, 2.05) is 12.1 Å². The molecular formula is C20H15FN2O3S. The number of hydrogen-bond donors (Lipinski definition) is 1. The van der Waals surface area contributed by atoms with Crippen molar-refractivity contribution in [3.05, 3.63) is 70.9 Å². The lowest BCUT2D eigenvalue weighted by Crippen LogP contribution is -2.48. The topological polar surface area (TPSA) is 68.3 Å². The van der Waals surface area contributed by atoms with Crippen LogP contribution in [-0.4, -0.2) is 22.5 Å². The van der Waals surface area contributed by atoms with E-state index in [2.05, 4.69) is 10.3 Å². The molecule has 136 valence electrons. The number of hydrogen-bond acceptors (Lipinski definition) is 5. The first-order valence-corrected chi connectivity index (χ1v) is 9.17. The van der Waals surface area contributed by atoms with Gasteiger partial charge in [-0.05, 0) is 42.8 Å². The fraction of sp³-hybridized carbons (Fsp3) is 0.150. The summed E-state index contributed by atoms with van der Waals surface area (Å²) >= 11 is 1.25. The van der Waals surface area contributed by atoms with Crippen molar-refractivity contribution in [3.63, 3.8) is 0 Å². The Morgan fingerprint density at radius 1 is 1.22 bits per heavy atom. The number of carbonyl (C=O) groups is 2. The number of benzene rings is 2. The van der Waals surface area contributed by atoms with Crippen LogP contribution in [0.15, 0.2) is 53.9 Å². The van der Waals surface area contributed by atoms with Gasteiger partial charge < -0.3 is 4.74 Å². The van der Waals surface area contributed by atoms with E-state index in [4.69, 9.17) is 4.74 Å². The van der Waals surface area contributed by atoms with Crippen LogP contribution in [0.2, 0.25) is 0 Å². The number of amides is 1. The van der Waals surface area contributed by atoms with Gasteiger partial charge in [-0.3, -0.25) is 10.1 Å². The Morgan fingerprint density at radius 3 is 2.74 bits per heavy atom. The van der Waals surface area contributed by atoms with Crippen LogP contribution in [-0.2, 0) is 16.0 Å². The minimum absolute atomic E-state index is 0.289. The van der Waals surface area contributed by atoms with E-state index in [1.165, 1.54) is 23.5 Å². The van der Waals surface area contributed by atoms with Gasteiger partial charge in [0.2, 0.25) is 0 Å². The number of rotatable bonds is 3. The van der Waals surface area contributed by atoms with Gasteiger partial charge in [0, 0.05) is 17.4 Å². The monoisotopic (exact) mass is 382 g/mol. The molecule has 0 saturated heterocycles. The Labute approximate surface area is 158 Å². The number of esters is 1. The molecule has 4 rings (SSSR count). The third kappa shape index (κ3) is 3.33. The molecule has 0 spiro atoms. The largest absolute Gasteiger partial charge is 0.445 e. The number of ether oxygens (including phenoxy) is 1. The summed E-state index contributed by atoms with van der Waals surface area (Å²) in [7, 11) is 0. The number of cyclic esters (lactones) is 1. The minimum atomic E-state index is -1.31. The molecule has 5 nitrogen and oxygen atoms in total. The molecule has 0 fully saturated rings. The van der Waals surface area contributed by atoms with Crippen LogP contribution in [0.25, 0.3) is 11.3 Å². The predicted molar refractivity (Wildman–Crippen MR) is 100 cm³/mol. The Morgan fingerprint density at radius 2 is 1.96 bits per heavy atom. The molecule has 2 aromatic carbocycles. The van der Waals surface area contributed by atoms with Gasteiger partial charge in [-0.2, -0.15) is 0 Å². The molecule has 0 bridgehead atoms. The van der Waals surface area contributed by atoms with Crippen molar-refractivity contribution in [1.82, 2.24) is 4.98 Å². The number of anilines is 1. The number of carbonyl (C=O) groups excluding carboxylic acids is 2. The van der Waals surface area contributed by atoms with Crippen molar-refractivity contribution in [3.8, 4) is 11.3 Å².